The fourth-order valence-electron chi connectivity index (χ4n) is 2.61. The molecule has 108 valence electrons. The number of halogens is 1. The molecule has 1 fully saturated rings. The third-order valence-corrected chi connectivity index (χ3v) is 3.99. The topological polar surface area (TPSA) is 55.6 Å². The third-order valence-electron chi connectivity index (χ3n) is 3.70. The van der Waals surface area contributed by atoms with Gasteiger partial charge in [0.2, 0.25) is 5.91 Å². The number of methoxy groups -OCH3 is 1. The molecule has 5 heteroatoms. The second-order valence-corrected chi connectivity index (χ2v) is 5.32. The maximum absolute atomic E-state index is 12.1. The van der Waals surface area contributed by atoms with Crippen molar-refractivity contribution >= 4 is 23.2 Å². The van der Waals surface area contributed by atoms with E-state index >= 15 is 0 Å². The van der Waals surface area contributed by atoms with Gasteiger partial charge in [-0.1, -0.05) is 41.9 Å². The van der Waals surface area contributed by atoms with Crippen molar-refractivity contribution in [1.82, 2.24) is 0 Å². The van der Waals surface area contributed by atoms with Crippen LogP contribution in [0.2, 0.25) is 5.02 Å². The highest BCUT2D eigenvalue weighted by Gasteiger charge is 2.46. The van der Waals surface area contributed by atoms with Crippen LogP contribution in [-0.4, -0.2) is 19.1 Å². The zero-order valence-corrected chi connectivity index (χ0v) is 12.2. The van der Waals surface area contributed by atoms with Gasteiger partial charge in [-0.25, -0.2) is 0 Å². The van der Waals surface area contributed by atoms with Crippen molar-refractivity contribution < 1.29 is 9.53 Å². The van der Waals surface area contributed by atoms with Crippen molar-refractivity contribution in [3.63, 3.8) is 0 Å². The molecule has 1 aliphatic rings. The Balaban J connectivity index is 1.97. The Kier molecular flexibility index (Phi) is 3.57. The SMILES string of the molecule is COc1ccc(N2C(=O)[C@H](N)[C@H]2c2ccccc2)cc1Cl. The lowest BCUT2D eigenvalue weighted by Crippen LogP contribution is -2.63. The predicted molar refractivity (Wildman–Crippen MR) is 82.6 cm³/mol. The van der Waals surface area contributed by atoms with Gasteiger partial charge in [0, 0.05) is 5.69 Å². The number of amides is 1. The van der Waals surface area contributed by atoms with Crippen LogP contribution in [0.25, 0.3) is 0 Å². The van der Waals surface area contributed by atoms with E-state index in [1.54, 1.807) is 24.1 Å². The Morgan fingerprint density at radius 2 is 1.90 bits per heavy atom. The maximum Gasteiger partial charge on any atom is 0.247 e. The van der Waals surface area contributed by atoms with Crippen molar-refractivity contribution in [3.05, 3.63) is 59.1 Å². The number of benzene rings is 2. The minimum atomic E-state index is -0.520. The molecule has 2 aromatic rings. The first-order valence-corrected chi connectivity index (χ1v) is 6.98. The number of nitrogens with zero attached hydrogens (tertiary/aromatic N) is 1. The molecule has 21 heavy (non-hydrogen) atoms. The summed E-state index contributed by atoms with van der Waals surface area (Å²) >= 11 is 6.14. The molecule has 2 N–H and O–H groups in total. The minimum absolute atomic E-state index is 0.106. The van der Waals surface area contributed by atoms with Crippen LogP contribution in [0.3, 0.4) is 0 Å². The number of nitrogens with two attached hydrogens (primary N) is 1. The van der Waals surface area contributed by atoms with Crippen LogP contribution in [0.15, 0.2) is 48.5 Å². The first-order chi connectivity index (χ1) is 10.1. The van der Waals surface area contributed by atoms with Crippen LogP contribution in [0.4, 0.5) is 5.69 Å². The number of β-lactam (4-membered cyclic amide) rings is 1. The number of anilines is 1. The van der Waals surface area contributed by atoms with Gasteiger partial charge in [-0.2, -0.15) is 0 Å². The summed E-state index contributed by atoms with van der Waals surface area (Å²) < 4.78 is 5.13. The fraction of sp³-hybridized carbons (Fsp3) is 0.188. The number of ether oxygens (including phenoxy) is 1. The van der Waals surface area contributed by atoms with E-state index in [4.69, 9.17) is 22.1 Å². The Hall–Kier alpha value is -2.04. The number of carbonyl (C=O) groups excluding carboxylic acids is 1. The molecule has 1 amide bonds. The van der Waals surface area contributed by atoms with Gasteiger partial charge in [-0.05, 0) is 23.8 Å². The van der Waals surface area contributed by atoms with E-state index in [1.807, 2.05) is 36.4 Å². The summed E-state index contributed by atoms with van der Waals surface area (Å²) in [6.07, 6.45) is 0. The van der Waals surface area contributed by atoms with E-state index in [9.17, 15) is 4.79 Å². The maximum atomic E-state index is 12.1. The van der Waals surface area contributed by atoms with Gasteiger partial charge >= 0.3 is 0 Å². The normalized spacial score (nSPS) is 21.1. The second-order valence-electron chi connectivity index (χ2n) is 4.91. The van der Waals surface area contributed by atoms with E-state index in [1.165, 1.54) is 0 Å². The molecule has 0 spiro atoms. The smallest absolute Gasteiger partial charge is 0.247 e. The monoisotopic (exact) mass is 302 g/mol. The zero-order chi connectivity index (χ0) is 15.0. The Labute approximate surface area is 128 Å². The summed E-state index contributed by atoms with van der Waals surface area (Å²) in [6.45, 7) is 0. The Morgan fingerprint density at radius 3 is 2.52 bits per heavy atom. The second kappa shape index (κ2) is 5.39. The molecule has 0 aliphatic carbocycles. The average Bonchev–Trinajstić information content (AvgIpc) is 2.52. The van der Waals surface area contributed by atoms with Crippen molar-refractivity contribution in [2.45, 2.75) is 12.1 Å². The van der Waals surface area contributed by atoms with Gasteiger partial charge in [0.15, 0.2) is 0 Å². The molecular weight excluding hydrogens is 288 g/mol. The van der Waals surface area contributed by atoms with Gasteiger partial charge in [0.05, 0.1) is 18.2 Å². The van der Waals surface area contributed by atoms with E-state index < -0.39 is 6.04 Å². The molecule has 3 rings (SSSR count). The lowest BCUT2D eigenvalue weighted by molar-refractivity contribution is -0.126. The highest BCUT2D eigenvalue weighted by atomic mass is 35.5. The van der Waals surface area contributed by atoms with Crippen LogP contribution in [0.1, 0.15) is 11.6 Å². The van der Waals surface area contributed by atoms with Crippen LogP contribution >= 0.6 is 11.6 Å². The highest BCUT2D eigenvalue weighted by Crippen LogP contribution is 2.40. The molecule has 0 bridgehead atoms. The zero-order valence-electron chi connectivity index (χ0n) is 11.5. The van der Waals surface area contributed by atoms with E-state index in [0.29, 0.717) is 10.8 Å². The molecule has 1 saturated heterocycles. The molecule has 2 aromatic carbocycles. The summed E-state index contributed by atoms with van der Waals surface area (Å²) in [5, 5.41) is 0.468. The summed E-state index contributed by atoms with van der Waals surface area (Å²) in [7, 11) is 1.55. The van der Waals surface area contributed by atoms with Gasteiger partial charge < -0.3 is 15.4 Å². The summed E-state index contributed by atoms with van der Waals surface area (Å²) in [5.74, 6) is 0.471. The van der Waals surface area contributed by atoms with Crippen molar-refractivity contribution in [2.24, 2.45) is 5.73 Å². The first kappa shape index (κ1) is 13.9. The molecule has 2 atom stereocenters. The van der Waals surface area contributed by atoms with Crippen molar-refractivity contribution in [2.75, 3.05) is 12.0 Å². The molecule has 1 heterocycles. The molecule has 0 aromatic heterocycles. The lowest BCUT2D eigenvalue weighted by atomic mass is 9.88. The quantitative estimate of drug-likeness (QED) is 0.887. The van der Waals surface area contributed by atoms with E-state index in [-0.39, 0.29) is 11.9 Å². The standard InChI is InChI=1S/C16H15ClN2O2/c1-21-13-8-7-11(9-12(13)17)19-15(14(18)16(19)20)10-5-3-2-4-6-10/h2-9,14-15H,18H2,1H3/t14-,15-/m1/s1. The van der Waals surface area contributed by atoms with Gasteiger partial charge in [-0.15, -0.1) is 0 Å². The number of hydrogen-bond acceptors (Lipinski definition) is 3. The predicted octanol–water partition coefficient (Wildman–Crippen LogP) is 2.76. The molecular formula is C16H15ClN2O2. The van der Waals surface area contributed by atoms with Gasteiger partial charge in [0.1, 0.15) is 11.8 Å². The number of carbonyl (C=O) groups is 1. The van der Waals surface area contributed by atoms with Gasteiger partial charge in [0.25, 0.3) is 0 Å². The largest absolute Gasteiger partial charge is 0.495 e. The molecule has 0 unspecified atom stereocenters. The summed E-state index contributed by atoms with van der Waals surface area (Å²) in [6, 6.07) is 14.3. The highest BCUT2D eigenvalue weighted by molar-refractivity contribution is 6.32. The lowest BCUT2D eigenvalue weighted by Gasteiger charge is -2.45. The Bertz CT molecular complexity index is 675. The molecule has 4 nitrogen and oxygen atoms in total. The summed E-state index contributed by atoms with van der Waals surface area (Å²) in [4.78, 5) is 13.8. The van der Waals surface area contributed by atoms with Crippen LogP contribution in [-0.2, 0) is 4.79 Å². The van der Waals surface area contributed by atoms with E-state index in [0.717, 1.165) is 11.3 Å². The fourth-order valence-corrected chi connectivity index (χ4v) is 2.86. The van der Waals surface area contributed by atoms with E-state index in [2.05, 4.69) is 0 Å². The van der Waals surface area contributed by atoms with Crippen LogP contribution in [0.5, 0.6) is 5.75 Å². The molecule has 0 radical (unpaired) electrons. The van der Waals surface area contributed by atoms with Crippen molar-refractivity contribution in [1.29, 1.82) is 0 Å². The Morgan fingerprint density at radius 1 is 1.19 bits per heavy atom. The van der Waals surface area contributed by atoms with Crippen LogP contribution in [0, 0.1) is 0 Å². The summed E-state index contributed by atoms with van der Waals surface area (Å²) in [5.41, 5.74) is 7.71. The van der Waals surface area contributed by atoms with Crippen molar-refractivity contribution in [3.8, 4) is 5.75 Å². The first-order valence-electron chi connectivity index (χ1n) is 6.60. The molecule has 0 saturated carbocycles. The number of hydrogen-bond donors (Lipinski definition) is 1. The molecule has 1 aliphatic heterocycles. The number of rotatable bonds is 3. The van der Waals surface area contributed by atoms with Crippen LogP contribution < -0.4 is 15.4 Å². The van der Waals surface area contributed by atoms with Gasteiger partial charge in [-0.3, -0.25) is 4.79 Å². The minimum Gasteiger partial charge on any atom is -0.495 e. The average molecular weight is 303 g/mol. The third kappa shape index (κ3) is 2.26.